The van der Waals surface area contributed by atoms with Crippen molar-refractivity contribution in [3.63, 3.8) is 0 Å². The molecule has 0 bridgehead atoms. The molecule has 2 aromatic carbocycles. The third-order valence-electron chi connectivity index (χ3n) is 6.02. The van der Waals surface area contributed by atoms with Crippen LogP contribution in [0.4, 0.5) is 11.5 Å². The number of furan rings is 1. The SMILES string of the molecule is COc1ccc(NC(=O)COc2cccc3ccc(N4CCN(C(=O)c5ccco5)CC4)nc23)cc1. The van der Waals surface area contributed by atoms with E-state index in [0.29, 0.717) is 54.6 Å². The zero-order valence-corrected chi connectivity index (χ0v) is 19.8. The Balaban J connectivity index is 1.23. The van der Waals surface area contributed by atoms with Crippen molar-refractivity contribution in [2.75, 3.05) is 50.1 Å². The fraction of sp³-hybridized carbons (Fsp3) is 0.222. The number of fused-ring (bicyclic) bond motifs is 1. The van der Waals surface area contributed by atoms with Gasteiger partial charge in [0.25, 0.3) is 11.8 Å². The molecule has 1 saturated heterocycles. The summed E-state index contributed by atoms with van der Waals surface area (Å²) >= 11 is 0. The second-order valence-corrected chi connectivity index (χ2v) is 8.32. The van der Waals surface area contributed by atoms with Crippen LogP contribution >= 0.6 is 0 Å². The summed E-state index contributed by atoms with van der Waals surface area (Å²) in [5, 5.41) is 3.73. The van der Waals surface area contributed by atoms with Crippen molar-refractivity contribution < 1.29 is 23.5 Å². The standard InChI is InChI=1S/C27H26N4O5/c1-34-21-10-8-20(9-11-21)28-25(32)18-36-22-5-2-4-19-7-12-24(29-26(19)22)30-13-15-31(16-14-30)27(33)23-6-3-17-35-23/h2-12,17H,13-16,18H2,1H3,(H,28,32). The first-order valence-corrected chi connectivity index (χ1v) is 11.6. The Morgan fingerprint density at radius 2 is 1.78 bits per heavy atom. The molecule has 1 fully saturated rings. The Hall–Kier alpha value is -4.53. The fourth-order valence-corrected chi connectivity index (χ4v) is 4.11. The summed E-state index contributed by atoms with van der Waals surface area (Å²) in [6.07, 6.45) is 1.50. The molecule has 184 valence electrons. The average Bonchev–Trinajstić information content (AvgIpc) is 3.47. The number of para-hydroxylation sites is 1. The van der Waals surface area contributed by atoms with Crippen LogP contribution in [-0.4, -0.2) is 61.6 Å². The summed E-state index contributed by atoms with van der Waals surface area (Å²) in [4.78, 5) is 33.7. The smallest absolute Gasteiger partial charge is 0.289 e. The number of benzene rings is 2. The zero-order valence-electron chi connectivity index (χ0n) is 19.8. The van der Waals surface area contributed by atoms with Gasteiger partial charge in [-0.15, -0.1) is 0 Å². The van der Waals surface area contributed by atoms with Crippen molar-refractivity contribution in [3.8, 4) is 11.5 Å². The van der Waals surface area contributed by atoms with E-state index in [9.17, 15) is 9.59 Å². The van der Waals surface area contributed by atoms with E-state index in [0.717, 1.165) is 11.2 Å². The first kappa shape index (κ1) is 23.2. The number of piperazine rings is 1. The fourth-order valence-electron chi connectivity index (χ4n) is 4.11. The Morgan fingerprint density at radius 3 is 2.50 bits per heavy atom. The van der Waals surface area contributed by atoms with Crippen LogP contribution in [-0.2, 0) is 4.79 Å². The summed E-state index contributed by atoms with van der Waals surface area (Å²) < 4.78 is 16.2. The number of methoxy groups -OCH3 is 1. The van der Waals surface area contributed by atoms with E-state index in [1.54, 1.807) is 54.5 Å². The Morgan fingerprint density at radius 1 is 0.972 bits per heavy atom. The number of aromatic nitrogens is 1. The van der Waals surface area contributed by atoms with Crippen LogP contribution in [0.15, 0.2) is 77.4 Å². The van der Waals surface area contributed by atoms with Crippen LogP contribution in [0.5, 0.6) is 11.5 Å². The molecule has 0 radical (unpaired) electrons. The van der Waals surface area contributed by atoms with Crippen LogP contribution in [0, 0.1) is 0 Å². The highest BCUT2D eigenvalue weighted by molar-refractivity contribution is 5.93. The zero-order chi connectivity index (χ0) is 24.9. The second-order valence-electron chi connectivity index (χ2n) is 8.32. The van der Waals surface area contributed by atoms with Gasteiger partial charge in [0.1, 0.15) is 22.8 Å². The summed E-state index contributed by atoms with van der Waals surface area (Å²) in [5.41, 5.74) is 1.34. The van der Waals surface area contributed by atoms with E-state index >= 15 is 0 Å². The third kappa shape index (κ3) is 5.10. The molecule has 3 heterocycles. The summed E-state index contributed by atoms with van der Waals surface area (Å²) in [7, 11) is 1.59. The van der Waals surface area contributed by atoms with Gasteiger partial charge in [-0.25, -0.2) is 4.98 Å². The van der Waals surface area contributed by atoms with Gasteiger partial charge in [0.2, 0.25) is 0 Å². The van der Waals surface area contributed by atoms with E-state index < -0.39 is 0 Å². The molecule has 0 aliphatic carbocycles. The van der Waals surface area contributed by atoms with Gasteiger partial charge in [-0.3, -0.25) is 9.59 Å². The number of nitrogens with zero attached hydrogens (tertiary/aromatic N) is 3. The van der Waals surface area contributed by atoms with Gasteiger partial charge in [0, 0.05) is 37.3 Å². The van der Waals surface area contributed by atoms with Gasteiger partial charge in [-0.2, -0.15) is 0 Å². The molecular weight excluding hydrogens is 460 g/mol. The maximum atomic E-state index is 12.5. The van der Waals surface area contributed by atoms with Gasteiger partial charge in [0.15, 0.2) is 12.4 Å². The first-order valence-electron chi connectivity index (χ1n) is 11.6. The Bertz CT molecular complexity index is 1350. The summed E-state index contributed by atoms with van der Waals surface area (Å²) in [5.74, 6) is 2.02. The van der Waals surface area contributed by atoms with Gasteiger partial charge in [-0.05, 0) is 54.6 Å². The quantitative estimate of drug-likeness (QED) is 0.424. The van der Waals surface area contributed by atoms with E-state index in [4.69, 9.17) is 18.9 Å². The van der Waals surface area contributed by atoms with Gasteiger partial charge < -0.3 is 29.0 Å². The summed E-state index contributed by atoms with van der Waals surface area (Å²) in [6.45, 7) is 2.30. The molecule has 2 aromatic heterocycles. The number of hydrogen-bond donors (Lipinski definition) is 1. The predicted molar refractivity (Wildman–Crippen MR) is 136 cm³/mol. The molecule has 9 heteroatoms. The number of amides is 2. The van der Waals surface area contributed by atoms with E-state index in [2.05, 4.69) is 10.2 Å². The van der Waals surface area contributed by atoms with E-state index in [1.165, 1.54) is 6.26 Å². The summed E-state index contributed by atoms with van der Waals surface area (Å²) in [6, 6.07) is 20.1. The number of rotatable bonds is 7. The van der Waals surface area contributed by atoms with Gasteiger partial charge in [-0.1, -0.05) is 12.1 Å². The van der Waals surface area contributed by atoms with Crippen molar-refractivity contribution in [2.45, 2.75) is 0 Å². The minimum Gasteiger partial charge on any atom is -0.497 e. The van der Waals surface area contributed by atoms with Gasteiger partial charge in [0.05, 0.1) is 13.4 Å². The van der Waals surface area contributed by atoms with Gasteiger partial charge >= 0.3 is 0 Å². The molecule has 1 N–H and O–H groups in total. The second kappa shape index (κ2) is 10.4. The topological polar surface area (TPSA) is 97.1 Å². The van der Waals surface area contributed by atoms with Crippen LogP contribution < -0.4 is 19.7 Å². The van der Waals surface area contributed by atoms with Crippen LogP contribution in [0.25, 0.3) is 10.9 Å². The third-order valence-corrected chi connectivity index (χ3v) is 6.02. The predicted octanol–water partition coefficient (Wildman–Crippen LogP) is 3.82. The number of anilines is 2. The minimum atomic E-state index is -0.273. The lowest BCUT2D eigenvalue weighted by molar-refractivity contribution is -0.118. The van der Waals surface area contributed by atoms with E-state index in [-0.39, 0.29) is 18.4 Å². The number of carbonyl (C=O) groups is 2. The van der Waals surface area contributed by atoms with Crippen LogP contribution in [0.3, 0.4) is 0 Å². The number of pyridine rings is 1. The highest BCUT2D eigenvalue weighted by Crippen LogP contribution is 2.27. The largest absolute Gasteiger partial charge is 0.497 e. The van der Waals surface area contributed by atoms with Crippen molar-refractivity contribution in [3.05, 3.63) is 78.8 Å². The molecule has 2 amide bonds. The average molecular weight is 487 g/mol. The molecule has 0 spiro atoms. The number of hydrogen-bond acceptors (Lipinski definition) is 7. The first-order chi connectivity index (χ1) is 17.6. The molecule has 1 aliphatic heterocycles. The van der Waals surface area contributed by atoms with Crippen molar-refractivity contribution >= 4 is 34.2 Å². The maximum Gasteiger partial charge on any atom is 0.289 e. The molecule has 5 rings (SSSR count). The monoisotopic (exact) mass is 486 g/mol. The maximum absolute atomic E-state index is 12.5. The highest BCUT2D eigenvalue weighted by Gasteiger charge is 2.24. The molecule has 9 nitrogen and oxygen atoms in total. The van der Waals surface area contributed by atoms with Crippen LogP contribution in [0.2, 0.25) is 0 Å². The highest BCUT2D eigenvalue weighted by atomic mass is 16.5. The van der Waals surface area contributed by atoms with Crippen LogP contribution in [0.1, 0.15) is 10.6 Å². The van der Waals surface area contributed by atoms with Crippen molar-refractivity contribution in [1.82, 2.24) is 9.88 Å². The molecule has 0 unspecified atom stereocenters. The van der Waals surface area contributed by atoms with Crippen molar-refractivity contribution in [1.29, 1.82) is 0 Å². The number of ether oxygens (including phenoxy) is 2. The minimum absolute atomic E-state index is 0.102. The molecule has 4 aromatic rings. The molecular formula is C27H26N4O5. The lowest BCUT2D eigenvalue weighted by Gasteiger charge is -2.35. The molecule has 1 aliphatic rings. The van der Waals surface area contributed by atoms with E-state index in [1.807, 2.05) is 24.3 Å². The number of nitrogens with one attached hydrogen (secondary N) is 1. The molecule has 0 saturated carbocycles. The normalized spacial score (nSPS) is 13.5. The molecule has 0 atom stereocenters. The lowest BCUT2D eigenvalue weighted by atomic mass is 10.2. The Labute approximate surface area is 208 Å². The molecule has 36 heavy (non-hydrogen) atoms. The Kier molecular flexibility index (Phi) is 6.70. The van der Waals surface area contributed by atoms with Crippen molar-refractivity contribution in [2.24, 2.45) is 0 Å². The number of carbonyl (C=O) groups excluding carboxylic acids is 2. The lowest BCUT2D eigenvalue weighted by Crippen LogP contribution is -2.49.